The first kappa shape index (κ1) is 20.2. The Morgan fingerprint density at radius 2 is 1.83 bits per heavy atom. The third-order valence-corrected chi connectivity index (χ3v) is 4.43. The number of hydrogen-bond donors (Lipinski definition) is 1. The van der Waals surface area contributed by atoms with E-state index >= 15 is 0 Å². The van der Waals surface area contributed by atoms with E-state index in [2.05, 4.69) is 15.5 Å². The van der Waals surface area contributed by atoms with E-state index in [1.807, 2.05) is 13.8 Å². The molecule has 1 aromatic carbocycles. The van der Waals surface area contributed by atoms with E-state index in [1.54, 1.807) is 41.2 Å². The molecular weight excluding hydrogens is 374 g/mol. The molecule has 29 heavy (non-hydrogen) atoms. The SMILES string of the molecule is CC(C)n1nccc1NC(=O)[C@H](C)OC(=O)Cc1nn(C)c(=O)c2ccccc12. The summed E-state index contributed by atoms with van der Waals surface area (Å²) in [5, 5.41) is 12.1. The van der Waals surface area contributed by atoms with Gasteiger partial charge in [0.1, 0.15) is 5.82 Å². The van der Waals surface area contributed by atoms with Crippen LogP contribution in [0.3, 0.4) is 0 Å². The number of carbonyl (C=O) groups is 2. The van der Waals surface area contributed by atoms with E-state index in [-0.39, 0.29) is 18.0 Å². The Morgan fingerprint density at radius 3 is 2.52 bits per heavy atom. The molecule has 1 N–H and O–H groups in total. The van der Waals surface area contributed by atoms with Gasteiger partial charge in [0, 0.05) is 24.5 Å². The van der Waals surface area contributed by atoms with Gasteiger partial charge in [0.05, 0.1) is 23.7 Å². The fourth-order valence-corrected chi connectivity index (χ4v) is 2.99. The number of nitrogens with one attached hydrogen (secondary N) is 1. The maximum absolute atomic E-state index is 12.4. The zero-order chi connectivity index (χ0) is 21.1. The Labute approximate surface area is 167 Å². The average Bonchev–Trinajstić information content (AvgIpc) is 3.14. The molecule has 0 bridgehead atoms. The van der Waals surface area contributed by atoms with Crippen LogP contribution in [-0.4, -0.2) is 37.5 Å². The Balaban J connectivity index is 1.70. The highest BCUT2D eigenvalue weighted by atomic mass is 16.5. The van der Waals surface area contributed by atoms with Gasteiger partial charge in [-0.05, 0) is 26.8 Å². The lowest BCUT2D eigenvalue weighted by molar-refractivity contribution is -0.152. The smallest absolute Gasteiger partial charge is 0.312 e. The molecule has 9 heteroatoms. The normalized spacial score (nSPS) is 12.2. The maximum Gasteiger partial charge on any atom is 0.312 e. The van der Waals surface area contributed by atoms with E-state index in [1.165, 1.54) is 18.7 Å². The number of rotatable bonds is 6. The van der Waals surface area contributed by atoms with Crippen LogP contribution in [0.2, 0.25) is 0 Å². The standard InChI is InChI=1S/C20H23N5O4/c1-12(2)25-17(9-10-21-25)22-19(27)13(3)29-18(26)11-16-14-7-5-6-8-15(14)20(28)24(4)23-16/h5-10,12-13H,11H2,1-4H3,(H,22,27)/t13-/m0/s1. The van der Waals surface area contributed by atoms with Crippen molar-refractivity contribution < 1.29 is 14.3 Å². The van der Waals surface area contributed by atoms with Crippen molar-refractivity contribution in [2.75, 3.05) is 5.32 Å². The van der Waals surface area contributed by atoms with Crippen LogP contribution in [0.15, 0.2) is 41.3 Å². The molecule has 0 radical (unpaired) electrons. The second kappa shape index (κ2) is 8.26. The van der Waals surface area contributed by atoms with Crippen molar-refractivity contribution in [3.8, 4) is 0 Å². The van der Waals surface area contributed by atoms with Crippen LogP contribution in [0.4, 0.5) is 5.82 Å². The molecule has 0 saturated heterocycles. The van der Waals surface area contributed by atoms with E-state index in [9.17, 15) is 14.4 Å². The van der Waals surface area contributed by atoms with E-state index < -0.39 is 18.0 Å². The number of esters is 1. The minimum Gasteiger partial charge on any atom is -0.452 e. The molecule has 0 aliphatic carbocycles. The Bertz CT molecular complexity index is 1120. The Kier molecular flexibility index (Phi) is 5.76. The van der Waals surface area contributed by atoms with Gasteiger partial charge in [0.15, 0.2) is 6.10 Å². The van der Waals surface area contributed by atoms with Gasteiger partial charge in [-0.15, -0.1) is 0 Å². The van der Waals surface area contributed by atoms with E-state index in [4.69, 9.17) is 4.74 Å². The first-order chi connectivity index (χ1) is 13.8. The van der Waals surface area contributed by atoms with Crippen LogP contribution in [0.1, 0.15) is 32.5 Å². The molecule has 2 heterocycles. The summed E-state index contributed by atoms with van der Waals surface area (Å²) in [6.07, 6.45) is 0.427. The molecule has 0 saturated carbocycles. The molecule has 3 rings (SSSR count). The molecule has 1 amide bonds. The van der Waals surface area contributed by atoms with Crippen molar-refractivity contribution in [2.45, 2.75) is 39.3 Å². The summed E-state index contributed by atoms with van der Waals surface area (Å²) in [5.74, 6) is -0.543. The summed E-state index contributed by atoms with van der Waals surface area (Å²) in [6.45, 7) is 5.38. The lowest BCUT2D eigenvalue weighted by Gasteiger charge is -2.16. The molecule has 0 spiro atoms. The lowest BCUT2D eigenvalue weighted by Crippen LogP contribution is -2.32. The van der Waals surface area contributed by atoms with E-state index in [0.717, 1.165) is 0 Å². The summed E-state index contributed by atoms with van der Waals surface area (Å²) in [6, 6.07) is 8.68. The van der Waals surface area contributed by atoms with Crippen LogP contribution in [-0.2, 0) is 27.8 Å². The summed E-state index contributed by atoms with van der Waals surface area (Å²) in [7, 11) is 1.53. The molecule has 0 fully saturated rings. The van der Waals surface area contributed by atoms with Gasteiger partial charge < -0.3 is 10.1 Å². The number of fused-ring (bicyclic) bond motifs is 1. The highest BCUT2D eigenvalue weighted by Gasteiger charge is 2.21. The number of aryl methyl sites for hydroxylation is 1. The summed E-state index contributed by atoms with van der Waals surface area (Å²) in [5.41, 5.74) is 0.172. The third-order valence-electron chi connectivity index (χ3n) is 4.43. The van der Waals surface area contributed by atoms with Gasteiger partial charge in [0.25, 0.3) is 11.5 Å². The first-order valence-electron chi connectivity index (χ1n) is 9.26. The molecule has 3 aromatic rings. The molecule has 0 aliphatic rings. The predicted octanol–water partition coefficient (Wildman–Crippen LogP) is 1.82. The minimum atomic E-state index is -1.00. The fourth-order valence-electron chi connectivity index (χ4n) is 2.99. The number of amides is 1. The monoisotopic (exact) mass is 397 g/mol. The Morgan fingerprint density at radius 1 is 1.14 bits per heavy atom. The largest absolute Gasteiger partial charge is 0.452 e. The number of nitrogens with zero attached hydrogens (tertiary/aromatic N) is 4. The molecule has 0 unspecified atom stereocenters. The second-order valence-corrected chi connectivity index (χ2v) is 6.97. The molecule has 2 aromatic heterocycles. The van der Waals surface area contributed by atoms with Crippen molar-refractivity contribution in [2.24, 2.45) is 7.05 Å². The quantitative estimate of drug-likeness (QED) is 0.636. The topological polar surface area (TPSA) is 108 Å². The highest BCUT2D eigenvalue weighted by molar-refractivity contribution is 5.95. The van der Waals surface area contributed by atoms with Gasteiger partial charge in [0.2, 0.25) is 0 Å². The maximum atomic E-state index is 12.4. The number of aromatic nitrogens is 4. The molecule has 0 aliphatic heterocycles. The van der Waals surface area contributed by atoms with Crippen LogP contribution in [0.5, 0.6) is 0 Å². The van der Waals surface area contributed by atoms with Crippen molar-refractivity contribution in [3.63, 3.8) is 0 Å². The van der Waals surface area contributed by atoms with E-state index in [0.29, 0.717) is 22.3 Å². The Hall–Kier alpha value is -3.49. The number of anilines is 1. The van der Waals surface area contributed by atoms with Crippen molar-refractivity contribution in [1.29, 1.82) is 0 Å². The van der Waals surface area contributed by atoms with Crippen LogP contribution >= 0.6 is 0 Å². The van der Waals surface area contributed by atoms with Gasteiger partial charge >= 0.3 is 5.97 Å². The average molecular weight is 397 g/mol. The molecular formula is C20H23N5O4. The van der Waals surface area contributed by atoms with Gasteiger partial charge in [-0.2, -0.15) is 10.2 Å². The first-order valence-corrected chi connectivity index (χ1v) is 9.26. The number of ether oxygens (including phenoxy) is 1. The number of hydrogen-bond acceptors (Lipinski definition) is 6. The fraction of sp³-hybridized carbons (Fsp3) is 0.350. The molecule has 9 nitrogen and oxygen atoms in total. The van der Waals surface area contributed by atoms with Crippen molar-refractivity contribution in [3.05, 3.63) is 52.6 Å². The zero-order valence-electron chi connectivity index (χ0n) is 16.7. The zero-order valence-corrected chi connectivity index (χ0v) is 16.7. The van der Waals surface area contributed by atoms with Gasteiger partial charge in [-0.1, -0.05) is 18.2 Å². The summed E-state index contributed by atoms with van der Waals surface area (Å²) < 4.78 is 8.12. The van der Waals surface area contributed by atoms with Crippen LogP contribution < -0.4 is 10.9 Å². The molecule has 1 atom stereocenters. The van der Waals surface area contributed by atoms with Crippen LogP contribution in [0.25, 0.3) is 10.8 Å². The van der Waals surface area contributed by atoms with Crippen LogP contribution in [0, 0.1) is 0 Å². The van der Waals surface area contributed by atoms with Gasteiger partial charge in [-0.25, -0.2) is 9.36 Å². The predicted molar refractivity (Wildman–Crippen MR) is 107 cm³/mol. The lowest BCUT2D eigenvalue weighted by atomic mass is 10.1. The number of benzene rings is 1. The van der Waals surface area contributed by atoms with Gasteiger partial charge in [-0.3, -0.25) is 14.4 Å². The summed E-state index contributed by atoms with van der Waals surface area (Å²) in [4.78, 5) is 37.0. The minimum absolute atomic E-state index is 0.0715. The highest BCUT2D eigenvalue weighted by Crippen LogP contribution is 2.15. The number of carbonyl (C=O) groups excluding carboxylic acids is 2. The second-order valence-electron chi connectivity index (χ2n) is 6.97. The summed E-state index contributed by atoms with van der Waals surface area (Å²) >= 11 is 0. The van der Waals surface area contributed by atoms with Crippen molar-refractivity contribution >= 4 is 28.5 Å². The third kappa shape index (κ3) is 4.34. The van der Waals surface area contributed by atoms with Crippen molar-refractivity contribution in [1.82, 2.24) is 19.6 Å². The molecule has 152 valence electrons.